The van der Waals surface area contributed by atoms with Gasteiger partial charge in [0, 0.05) is 6.20 Å². The summed E-state index contributed by atoms with van der Waals surface area (Å²) < 4.78 is 4.70. The number of hydrogen-bond acceptors (Lipinski definition) is 4. The second kappa shape index (κ2) is 5.88. The van der Waals surface area contributed by atoms with Crippen LogP contribution < -0.4 is 10.3 Å². The summed E-state index contributed by atoms with van der Waals surface area (Å²) in [7, 11) is 1.46. The molecule has 1 heterocycles. The van der Waals surface area contributed by atoms with Crippen LogP contribution in [0, 0.1) is 0 Å². The molecule has 12 heavy (non-hydrogen) atoms. The van der Waals surface area contributed by atoms with Crippen molar-refractivity contribution in [2.45, 2.75) is 0 Å². The van der Waals surface area contributed by atoms with Crippen molar-refractivity contribution in [3.05, 3.63) is 28.7 Å². The highest BCUT2D eigenvalue weighted by Gasteiger charge is 1.91. The van der Waals surface area contributed by atoms with Gasteiger partial charge >= 0.3 is 6.15 Å². The number of pyridine rings is 1. The lowest BCUT2D eigenvalue weighted by Crippen LogP contribution is -2.06. The third kappa shape index (κ3) is 3.34. The zero-order valence-corrected chi connectivity index (χ0v) is 6.37. The van der Waals surface area contributed by atoms with E-state index < -0.39 is 0 Å². The number of ether oxygens (including phenoxy) is 1. The molecule has 0 fully saturated rings. The SMILES string of the molecule is COc1ccc[nH]c1=O.O=C=O. The Bertz CT molecular complexity index is 311. The Morgan fingerprint density at radius 2 is 2.08 bits per heavy atom. The average molecular weight is 169 g/mol. The molecule has 5 heteroatoms. The van der Waals surface area contributed by atoms with Crippen LogP contribution in [0.15, 0.2) is 23.1 Å². The lowest BCUT2D eigenvalue weighted by atomic mass is 10.5. The van der Waals surface area contributed by atoms with E-state index in [1.54, 1.807) is 18.3 Å². The highest BCUT2D eigenvalue weighted by molar-refractivity contribution is 5.20. The van der Waals surface area contributed by atoms with E-state index in [1.165, 1.54) is 7.11 Å². The van der Waals surface area contributed by atoms with Gasteiger partial charge in [0.15, 0.2) is 5.75 Å². The number of aromatic nitrogens is 1. The lowest BCUT2D eigenvalue weighted by molar-refractivity contribution is -0.191. The van der Waals surface area contributed by atoms with Crippen LogP contribution in [0.4, 0.5) is 0 Å². The predicted molar refractivity (Wildman–Crippen MR) is 38.6 cm³/mol. The summed E-state index contributed by atoms with van der Waals surface area (Å²) in [5.74, 6) is 0.345. The molecule has 1 rings (SSSR count). The van der Waals surface area contributed by atoms with Gasteiger partial charge in [0.1, 0.15) is 0 Å². The van der Waals surface area contributed by atoms with Gasteiger partial charge in [0.05, 0.1) is 7.11 Å². The molecule has 0 atom stereocenters. The van der Waals surface area contributed by atoms with Gasteiger partial charge in [-0.3, -0.25) is 4.79 Å². The smallest absolute Gasteiger partial charge is 0.373 e. The van der Waals surface area contributed by atoms with E-state index in [0.29, 0.717) is 5.75 Å². The number of nitrogens with one attached hydrogen (secondary N) is 1. The highest BCUT2D eigenvalue weighted by atomic mass is 16.5. The molecule has 0 aliphatic heterocycles. The van der Waals surface area contributed by atoms with Crippen molar-refractivity contribution in [3.63, 3.8) is 0 Å². The topological polar surface area (TPSA) is 76.2 Å². The van der Waals surface area contributed by atoms with Gasteiger partial charge in [-0.05, 0) is 12.1 Å². The molecule has 1 aromatic heterocycles. The molecule has 0 unspecified atom stereocenters. The highest BCUT2D eigenvalue weighted by Crippen LogP contribution is 1.95. The van der Waals surface area contributed by atoms with Crippen LogP contribution in [-0.2, 0) is 9.59 Å². The molecule has 0 aliphatic rings. The molecule has 0 amide bonds. The number of rotatable bonds is 1. The van der Waals surface area contributed by atoms with Gasteiger partial charge in [0.25, 0.3) is 5.56 Å². The standard InChI is InChI=1S/C6H7NO2.CO2/c1-9-5-3-2-4-7-6(5)8;2-1-3/h2-4H,1H3,(H,7,8);. The van der Waals surface area contributed by atoms with Gasteiger partial charge in [-0.1, -0.05) is 0 Å². The Morgan fingerprint density at radius 3 is 2.42 bits per heavy atom. The third-order valence-electron chi connectivity index (χ3n) is 1.00. The molecule has 1 aromatic rings. The first-order valence-corrected chi connectivity index (χ1v) is 2.97. The summed E-state index contributed by atoms with van der Waals surface area (Å²) in [6.07, 6.45) is 1.81. The van der Waals surface area contributed by atoms with E-state index in [2.05, 4.69) is 4.98 Å². The van der Waals surface area contributed by atoms with Crippen LogP contribution >= 0.6 is 0 Å². The zero-order valence-electron chi connectivity index (χ0n) is 6.37. The molecular formula is C7H7NO4. The Labute approximate surface area is 68.0 Å². The summed E-state index contributed by atoms with van der Waals surface area (Å²) in [4.78, 5) is 29.4. The second-order valence-corrected chi connectivity index (χ2v) is 1.65. The normalized spacial score (nSPS) is 7.42. The average Bonchev–Trinajstić information content (AvgIpc) is 2.07. The van der Waals surface area contributed by atoms with Gasteiger partial charge < -0.3 is 9.72 Å². The van der Waals surface area contributed by atoms with E-state index in [1.807, 2.05) is 0 Å². The number of H-pyrrole nitrogens is 1. The van der Waals surface area contributed by atoms with Gasteiger partial charge in [-0.15, -0.1) is 0 Å². The summed E-state index contributed by atoms with van der Waals surface area (Å²) in [6, 6.07) is 3.32. The van der Waals surface area contributed by atoms with Crippen molar-refractivity contribution in [2.75, 3.05) is 7.11 Å². The van der Waals surface area contributed by atoms with Crippen molar-refractivity contribution in [1.29, 1.82) is 0 Å². The van der Waals surface area contributed by atoms with Crippen molar-refractivity contribution in [3.8, 4) is 5.75 Å². The lowest BCUT2D eigenvalue weighted by Gasteiger charge is -1.93. The van der Waals surface area contributed by atoms with Gasteiger partial charge in [-0.2, -0.15) is 9.59 Å². The first kappa shape index (κ1) is 10.1. The third-order valence-corrected chi connectivity index (χ3v) is 1.00. The Balaban J connectivity index is 0.000000354. The molecule has 0 aromatic carbocycles. The fourth-order valence-corrected chi connectivity index (χ4v) is 0.567. The summed E-state index contributed by atoms with van der Waals surface area (Å²) >= 11 is 0. The quantitative estimate of drug-likeness (QED) is 0.631. The number of hydrogen-bond donors (Lipinski definition) is 1. The van der Waals surface area contributed by atoms with Crippen LogP contribution in [0.2, 0.25) is 0 Å². The van der Waals surface area contributed by atoms with Crippen molar-refractivity contribution >= 4 is 6.15 Å². The Hall–Kier alpha value is -1.87. The number of aromatic amines is 1. The predicted octanol–water partition coefficient (Wildman–Crippen LogP) is -0.200. The molecular weight excluding hydrogens is 162 g/mol. The van der Waals surface area contributed by atoms with Gasteiger partial charge in [-0.25, -0.2) is 0 Å². The molecule has 64 valence electrons. The maximum absolute atomic E-state index is 10.7. The van der Waals surface area contributed by atoms with Gasteiger partial charge in [0.2, 0.25) is 0 Å². The fourth-order valence-electron chi connectivity index (χ4n) is 0.567. The zero-order chi connectivity index (χ0) is 9.40. The van der Waals surface area contributed by atoms with Crippen molar-refractivity contribution in [1.82, 2.24) is 4.98 Å². The minimum absolute atomic E-state index is 0.194. The van der Waals surface area contributed by atoms with E-state index in [9.17, 15) is 4.79 Å². The van der Waals surface area contributed by atoms with Crippen LogP contribution in [-0.4, -0.2) is 18.2 Å². The fraction of sp³-hybridized carbons (Fsp3) is 0.143. The number of methoxy groups -OCH3 is 1. The van der Waals surface area contributed by atoms with E-state index in [4.69, 9.17) is 14.3 Å². The minimum atomic E-state index is -0.194. The Morgan fingerprint density at radius 1 is 1.50 bits per heavy atom. The Kier molecular flexibility index (Phi) is 4.96. The van der Waals surface area contributed by atoms with Crippen LogP contribution in [0.3, 0.4) is 0 Å². The van der Waals surface area contributed by atoms with Crippen LogP contribution in [0.1, 0.15) is 0 Å². The molecule has 5 nitrogen and oxygen atoms in total. The molecule has 0 saturated carbocycles. The second-order valence-electron chi connectivity index (χ2n) is 1.65. The van der Waals surface area contributed by atoms with Crippen LogP contribution in [0.5, 0.6) is 5.75 Å². The van der Waals surface area contributed by atoms with E-state index >= 15 is 0 Å². The maximum atomic E-state index is 10.7. The molecule has 0 aliphatic carbocycles. The van der Waals surface area contributed by atoms with E-state index in [-0.39, 0.29) is 11.7 Å². The van der Waals surface area contributed by atoms with Crippen molar-refractivity contribution < 1.29 is 14.3 Å². The first-order chi connectivity index (χ1) is 5.76. The first-order valence-electron chi connectivity index (χ1n) is 2.97. The number of carbonyl (C=O) groups excluding carboxylic acids is 2. The molecule has 1 N–H and O–H groups in total. The summed E-state index contributed by atoms with van der Waals surface area (Å²) in [6.45, 7) is 0. The van der Waals surface area contributed by atoms with Crippen molar-refractivity contribution in [2.24, 2.45) is 0 Å². The minimum Gasteiger partial charge on any atom is -0.491 e. The summed E-state index contributed by atoms with van der Waals surface area (Å²) in [5.41, 5.74) is -0.194. The molecule has 0 bridgehead atoms. The monoisotopic (exact) mass is 169 g/mol. The molecule has 0 spiro atoms. The summed E-state index contributed by atoms with van der Waals surface area (Å²) in [5, 5.41) is 0. The van der Waals surface area contributed by atoms with Crippen LogP contribution in [0.25, 0.3) is 0 Å². The maximum Gasteiger partial charge on any atom is 0.373 e. The van der Waals surface area contributed by atoms with E-state index in [0.717, 1.165) is 0 Å². The largest absolute Gasteiger partial charge is 0.491 e. The molecule has 0 saturated heterocycles. The molecule has 0 radical (unpaired) electrons.